The number of aryl methyl sites for hydroxylation is 1. The highest BCUT2D eigenvalue weighted by molar-refractivity contribution is 6.31. The van der Waals surface area contributed by atoms with Crippen LogP contribution in [0.25, 0.3) is 0 Å². The number of nitrogens with one attached hydrogen (secondary N) is 1. The lowest BCUT2D eigenvalue weighted by molar-refractivity contribution is 0.0992. The fraction of sp³-hybridized carbons (Fsp3) is 0.200. The zero-order valence-electron chi connectivity index (χ0n) is 18.9. The molecule has 7 nitrogen and oxygen atoms in total. The molecule has 2 aromatic heterocycles. The Kier molecular flexibility index (Phi) is 6.88. The van der Waals surface area contributed by atoms with E-state index in [0.29, 0.717) is 40.2 Å². The van der Waals surface area contributed by atoms with Crippen molar-refractivity contribution in [1.29, 1.82) is 0 Å². The molecule has 9 heteroatoms. The molecule has 1 amide bonds. The van der Waals surface area contributed by atoms with Crippen LogP contribution in [0.4, 0.5) is 10.1 Å². The summed E-state index contributed by atoms with van der Waals surface area (Å²) in [7, 11) is 1.58. The van der Waals surface area contributed by atoms with Crippen molar-refractivity contribution >= 4 is 23.2 Å². The summed E-state index contributed by atoms with van der Waals surface area (Å²) in [5.74, 6) is 1.16. The number of hydrogen-bond donors (Lipinski definition) is 1. The molecular weight excluding hydrogens is 461 g/mol. The summed E-state index contributed by atoms with van der Waals surface area (Å²) in [5, 5.41) is 7.66. The molecule has 2 aromatic carbocycles. The van der Waals surface area contributed by atoms with Crippen LogP contribution in [0.1, 0.15) is 33.3 Å². The first-order valence-electron chi connectivity index (χ1n) is 10.5. The number of rotatable bonds is 8. The summed E-state index contributed by atoms with van der Waals surface area (Å²) in [4.78, 5) is 12.8. The molecule has 0 radical (unpaired) electrons. The van der Waals surface area contributed by atoms with E-state index in [1.165, 1.54) is 12.1 Å². The summed E-state index contributed by atoms with van der Waals surface area (Å²) in [6.45, 7) is 4.13. The Labute approximate surface area is 201 Å². The predicted molar refractivity (Wildman–Crippen MR) is 126 cm³/mol. The third kappa shape index (κ3) is 5.23. The standard InChI is InChI=1S/C25H23ClFN3O4/c1-15-24(16(2)30(29-15)13-17-7-8-18(27)11-22(17)26)28-25(31)23-10-9-21(34-23)14-33-20-6-4-5-19(12-20)32-3/h4-12H,13-14H2,1-3H3,(H,28,31). The van der Waals surface area contributed by atoms with Crippen LogP contribution in [0, 0.1) is 19.7 Å². The lowest BCUT2D eigenvalue weighted by Gasteiger charge is -2.08. The van der Waals surface area contributed by atoms with Crippen molar-refractivity contribution in [3.63, 3.8) is 0 Å². The van der Waals surface area contributed by atoms with Gasteiger partial charge in [0.1, 0.15) is 29.7 Å². The van der Waals surface area contributed by atoms with Crippen LogP contribution < -0.4 is 14.8 Å². The minimum Gasteiger partial charge on any atom is -0.497 e. The highest BCUT2D eigenvalue weighted by Crippen LogP contribution is 2.25. The molecule has 0 fully saturated rings. The zero-order valence-corrected chi connectivity index (χ0v) is 19.6. The number of carbonyl (C=O) groups is 1. The molecule has 0 saturated carbocycles. The van der Waals surface area contributed by atoms with Crippen molar-refractivity contribution in [2.24, 2.45) is 0 Å². The first-order valence-corrected chi connectivity index (χ1v) is 10.9. The van der Waals surface area contributed by atoms with Crippen molar-refractivity contribution in [3.8, 4) is 11.5 Å². The number of amides is 1. The number of hydrogen-bond acceptors (Lipinski definition) is 5. The third-order valence-corrected chi connectivity index (χ3v) is 5.61. The first-order chi connectivity index (χ1) is 16.3. The van der Waals surface area contributed by atoms with Gasteiger partial charge in [0.25, 0.3) is 5.91 Å². The molecule has 0 aliphatic carbocycles. The maximum Gasteiger partial charge on any atom is 0.291 e. The van der Waals surface area contributed by atoms with E-state index < -0.39 is 11.7 Å². The lowest BCUT2D eigenvalue weighted by Crippen LogP contribution is -2.12. The summed E-state index contributed by atoms with van der Waals surface area (Å²) in [6, 6.07) is 14.7. The van der Waals surface area contributed by atoms with Crippen molar-refractivity contribution in [1.82, 2.24) is 9.78 Å². The van der Waals surface area contributed by atoms with Crippen molar-refractivity contribution in [2.75, 3.05) is 12.4 Å². The Morgan fingerprint density at radius 2 is 1.94 bits per heavy atom. The van der Waals surface area contributed by atoms with Crippen molar-refractivity contribution < 1.29 is 23.1 Å². The maximum atomic E-state index is 13.3. The van der Waals surface area contributed by atoms with Crippen molar-refractivity contribution in [2.45, 2.75) is 27.0 Å². The fourth-order valence-corrected chi connectivity index (χ4v) is 3.67. The topological polar surface area (TPSA) is 78.5 Å². The second kappa shape index (κ2) is 10.0. The smallest absolute Gasteiger partial charge is 0.291 e. The molecule has 0 spiro atoms. The number of furan rings is 1. The Bertz CT molecular complexity index is 1330. The number of nitrogens with zero attached hydrogens (tertiary/aromatic N) is 2. The van der Waals surface area contributed by atoms with E-state index in [0.717, 1.165) is 11.3 Å². The average molecular weight is 484 g/mol. The van der Waals surface area contributed by atoms with Gasteiger partial charge in [-0.05, 0) is 55.8 Å². The zero-order chi connectivity index (χ0) is 24.2. The van der Waals surface area contributed by atoms with E-state index in [-0.39, 0.29) is 12.4 Å². The van der Waals surface area contributed by atoms with Crippen LogP contribution in [0.15, 0.2) is 59.0 Å². The molecule has 0 atom stereocenters. The molecular formula is C25H23ClFN3O4. The molecule has 0 saturated heterocycles. The monoisotopic (exact) mass is 483 g/mol. The van der Waals surface area contributed by atoms with Gasteiger partial charge < -0.3 is 19.2 Å². The van der Waals surface area contributed by atoms with Gasteiger partial charge >= 0.3 is 0 Å². The summed E-state index contributed by atoms with van der Waals surface area (Å²) in [5.41, 5.74) is 2.67. The van der Waals surface area contributed by atoms with Gasteiger partial charge in [-0.15, -0.1) is 0 Å². The minimum absolute atomic E-state index is 0.150. The Morgan fingerprint density at radius 1 is 1.15 bits per heavy atom. The summed E-state index contributed by atoms with van der Waals surface area (Å²) in [6.07, 6.45) is 0. The molecule has 2 heterocycles. The Balaban J connectivity index is 1.42. The van der Waals surface area contributed by atoms with E-state index in [2.05, 4.69) is 10.4 Å². The van der Waals surface area contributed by atoms with E-state index in [1.54, 1.807) is 49.0 Å². The molecule has 0 unspecified atom stereocenters. The predicted octanol–water partition coefficient (Wildman–Crippen LogP) is 5.77. The van der Waals surface area contributed by atoms with Crippen LogP contribution in [-0.2, 0) is 13.2 Å². The van der Waals surface area contributed by atoms with Crippen LogP contribution >= 0.6 is 11.6 Å². The molecule has 0 aliphatic heterocycles. The lowest BCUT2D eigenvalue weighted by atomic mass is 10.2. The first kappa shape index (κ1) is 23.4. The number of anilines is 1. The molecule has 0 bridgehead atoms. The second-order valence-electron chi connectivity index (χ2n) is 7.63. The van der Waals surface area contributed by atoms with Crippen LogP contribution in [0.2, 0.25) is 5.02 Å². The van der Waals surface area contributed by atoms with Gasteiger partial charge in [-0.1, -0.05) is 23.7 Å². The molecule has 4 rings (SSSR count). The van der Waals surface area contributed by atoms with E-state index in [1.807, 2.05) is 19.1 Å². The Morgan fingerprint density at radius 3 is 2.71 bits per heavy atom. The normalized spacial score (nSPS) is 10.9. The van der Waals surface area contributed by atoms with Gasteiger partial charge in [0, 0.05) is 11.1 Å². The third-order valence-electron chi connectivity index (χ3n) is 5.26. The number of halogens is 2. The molecule has 0 aliphatic rings. The number of ether oxygens (including phenoxy) is 2. The largest absolute Gasteiger partial charge is 0.497 e. The molecule has 1 N–H and O–H groups in total. The van der Waals surface area contributed by atoms with Crippen LogP contribution in [-0.4, -0.2) is 22.8 Å². The summed E-state index contributed by atoms with van der Waals surface area (Å²) < 4.78 is 31.6. The van der Waals surface area contributed by atoms with Gasteiger partial charge in [0.05, 0.1) is 30.7 Å². The highest BCUT2D eigenvalue weighted by atomic mass is 35.5. The quantitative estimate of drug-likeness (QED) is 0.344. The summed E-state index contributed by atoms with van der Waals surface area (Å²) >= 11 is 6.15. The van der Waals surface area contributed by atoms with Crippen LogP contribution in [0.5, 0.6) is 11.5 Å². The number of aromatic nitrogens is 2. The van der Waals surface area contributed by atoms with Crippen molar-refractivity contribution in [3.05, 3.63) is 93.9 Å². The van der Waals surface area contributed by atoms with E-state index >= 15 is 0 Å². The fourth-order valence-electron chi connectivity index (χ4n) is 3.44. The Hall–Kier alpha value is -3.78. The number of benzene rings is 2. The molecule has 34 heavy (non-hydrogen) atoms. The average Bonchev–Trinajstić information content (AvgIpc) is 3.40. The van der Waals surface area contributed by atoms with Gasteiger partial charge in [-0.3, -0.25) is 9.48 Å². The highest BCUT2D eigenvalue weighted by Gasteiger charge is 2.18. The second-order valence-corrected chi connectivity index (χ2v) is 8.03. The maximum absolute atomic E-state index is 13.3. The minimum atomic E-state index is -0.404. The SMILES string of the molecule is COc1cccc(OCc2ccc(C(=O)Nc3c(C)nn(Cc4ccc(F)cc4Cl)c3C)o2)c1. The van der Waals surface area contributed by atoms with Gasteiger partial charge in [-0.25, -0.2) is 4.39 Å². The van der Waals surface area contributed by atoms with E-state index in [4.69, 9.17) is 25.5 Å². The molecule has 4 aromatic rings. The van der Waals surface area contributed by atoms with Gasteiger partial charge in [0.15, 0.2) is 5.76 Å². The van der Waals surface area contributed by atoms with E-state index in [9.17, 15) is 9.18 Å². The molecule has 176 valence electrons. The van der Waals surface area contributed by atoms with Gasteiger partial charge in [-0.2, -0.15) is 5.10 Å². The van der Waals surface area contributed by atoms with Gasteiger partial charge in [0.2, 0.25) is 0 Å². The van der Waals surface area contributed by atoms with Crippen LogP contribution in [0.3, 0.4) is 0 Å². The number of methoxy groups -OCH3 is 1. The number of carbonyl (C=O) groups excluding carboxylic acids is 1.